The zero-order valence-electron chi connectivity index (χ0n) is 72.7. The van der Waals surface area contributed by atoms with E-state index in [0.717, 1.165) is 116 Å². The van der Waals surface area contributed by atoms with Crippen molar-refractivity contribution in [2.75, 3.05) is 26.6 Å². The van der Waals surface area contributed by atoms with Crippen LogP contribution < -0.4 is 26.6 Å². The number of fused-ring (bicyclic) bond motifs is 5. The summed E-state index contributed by atoms with van der Waals surface area (Å²) in [6.45, 7) is 1.31. The molecule has 10 aromatic carbocycles. The molecule has 0 radical (unpaired) electrons. The minimum Gasteiger partial charge on any atom is -0.438 e. The zero-order valence-corrected chi connectivity index (χ0v) is 79.0. The zero-order chi connectivity index (χ0) is 101. The molecular weight excluding hydrogens is 2080 g/mol. The molecule has 5 N–H and O–H groups in total. The number of alkyl halides is 15. The Hall–Kier alpha value is -15.2. The highest BCUT2D eigenvalue weighted by atomic mass is 79.9. The highest BCUT2D eigenvalue weighted by molar-refractivity contribution is 9.10. The van der Waals surface area contributed by atoms with E-state index in [1.54, 1.807) is 75.3 Å². The molecule has 10 aromatic heterocycles. The normalized spacial score (nSPS) is 11.7. The number of rotatable bonds is 20. The molecule has 728 valence electrons. The highest BCUT2D eigenvalue weighted by Gasteiger charge is 2.35. The quantitative estimate of drug-likeness (QED) is 0.0445. The second kappa shape index (κ2) is 43.1. The second-order valence-corrected chi connectivity index (χ2v) is 36.1. The van der Waals surface area contributed by atoms with Gasteiger partial charge >= 0.3 is 30.9 Å². The molecular formula is C98H65BrCl2F15N17O6S4. The van der Waals surface area contributed by atoms with E-state index in [9.17, 15) is 89.8 Å². The van der Waals surface area contributed by atoms with E-state index < -0.39 is 64.6 Å². The largest absolute Gasteiger partial charge is 0.438 e. The lowest BCUT2D eigenvalue weighted by Crippen LogP contribution is -2.13. The Morgan fingerprint density at radius 2 is 0.636 bits per heavy atom. The molecule has 20 aromatic rings. The van der Waals surface area contributed by atoms with Crippen LogP contribution >= 0.6 is 84.7 Å². The average Bonchev–Trinajstić information content (AvgIpc) is 1.66. The van der Waals surface area contributed by atoms with Crippen molar-refractivity contribution >= 4 is 198 Å². The van der Waals surface area contributed by atoms with Crippen molar-refractivity contribution < 1.29 is 94.2 Å². The summed E-state index contributed by atoms with van der Waals surface area (Å²) >= 11 is 20.5. The number of benzene rings is 10. The number of halogens is 18. The van der Waals surface area contributed by atoms with E-state index in [1.807, 2.05) is 115 Å². The number of anilines is 5. The maximum atomic E-state index is 12.8. The highest BCUT2D eigenvalue weighted by Crippen LogP contribution is 2.39. The fourth-order valence-electron chi connectivity index (χ4n) is 14.4. The molecule has 45 heteroatoms. The van der Waals surface area contributed by atoms with E-state index in [2.05, 4.69) is 77.4 Å². The molecule has 0 aliphatic carbocycles. The Kier molecular flexibility index (Phi) is 30.4. The number of thiophene rings is 3. The lowest BCUT2D eigenvalue weighted by atomic mass is 10.1. The van der Waals surface area contributed by atoms with E-state index in [1.165, 1.54) is 112 Å². The van der Waals surface area contributed by atoms with Crippen LogP contribution in [0, 0.1) is 0 Å². The molecule has 23 nitrogen and oxygen atoms in total. The molecule has 0 spiro atoms. The van der Waals surface area contributed by atoms with Gasteiger partial charge in [-0.25, -0.2) is 4.98 Å². The number of para-hydroxylation sites is 5. The van der Waals surface area contributed by atoms with Crippen molar-refractivity contribution in [2.45, 2.75) is 63.6 Å². The predicted octanol–water partition coefficient (Wildman–Crippen LogP) is 27.5. The van der Waals surface area contributed by atoms with Gasteiger partial charge in [0, 0.05) is 47.5 Å². The number of oxazole rings is 1. The van der Waals surface area contributed by atoms with Crippen molar-refractivity contribution in [3.8, 4) is 0 Å². The second-order valence-electron chi connectivity index (χ2n) is 31.0. The van der Waals surface area contributed by atoms with E-state index in [0.29, 0.717) is 97.8 Å². The third-order valence-corrected chi connectivity index (χ3v) is 26.2. The third kappa shape index (κ3) is 24.5. The van der Waals surface area contributed by atoms with Crippen LogP contribution in [0.1, 0.15) is 107 Å². The summed E-state index contributed by atoms with van der Waals surface area (Å²) in [7, 11) is 0. The van der Waals surface area contributed by atoms with Crippen LogP contribution in [0.2, 0.25) is 9.36 Å². The van der Waals surface area contributed by atoms with E-state index >= 15 is 0 Å². The van der Waals surface area contributed by atoms with Crippen molar-refractivity contribution in [3.05, 3.63) is 397 Å². The SMILES string of the molecule is O=C(Nc1nn(Cc2ccc(C(F)(F)F)cc2)c2ccccc12)c1ccsc1Cl.O=C(Nc1nn(Cc2ccc(C(F)(F)F)cc2)c2ccccc12)c1ccsn1.O=C(Nc1nn(Cc2ccc(C(F)(F)F)cc2)c2ccccc12)c1cnco1.O=C(Nc1nn(Cc2ccc(C(F)(F)F)cc2)c2ccccc12)c1cscc1Br.O=C(Nc1nn(Cc2ccc(C(F)(F)F)cc2)c2ccccc12)c1sccc1Cl. The number of hydrogen-bond donors (Lipinski definition) is 5. The molecule has 0 saturated carbocycles. The minimum atomic E-state index is -4.38. The van der Waals surface area contributed by atoms with Crippen molar-refractivity contribution in [2.24, 2.45) is 0 Å². The Labute approximate surface area is 832 Å². The Morgan fingerprint density at radius 3 is 0.902 bits per heavy atom. The Bertz CT molecular complexity index is 7310. The summed E-state index contributed by atoms with van der Waals surface area (Å²) in [4.78, 5) is 66.1. The van der Waals surface area contributed by atoms with Crippen molar-refractivity contribution in [3.63, 3.8) is 0 Å². The third-order valence-electron chi connectivity index (χ3n) is 21.4. The average molecular weight is 2140 g/mol. The lowest BCUT2D eigenvalue weighted by Gasteiger charge is -2.08. The van der Waals surface area contributed by atoms with Gasteiger partial charge in [0.15, 0.2) is 35.5 Å². The van der Waals surface area contributed by atoms with Crippen molar-refractivity contribution in [1.82, 2.24) is 58.3 Å². The topological polar surface area (TPSA) is 274 Å². The molecule has 143 heavy (non-hydrogen) atoms. The summed E-state index contributed by atoms with van der Waals surface area (Å²) < 4.78 is 209. The van der Waals surface area contributed by atoms with Gasteiger partial charge in [-0.1, -0.05) is 145 Å². The van der Waals surface area contributed by atoms with Crippen LogP contribution in [-0.4, -0.2) is 87.8 Å². The first-order chi connectivity index (χ1) is 68.3. The lowest BCUT2D eigenvalue weighted by molar-refractivity contribution is -0.138. The first-order valence-electron chi connectivity index (χ1n) is 41.9. The number of amides is 5. The molecule has 0 bridgehead atoms. The fraction of sp³-hybridized carbons (Fsp3) is 0.102. The van der Waals surface area contributed by atoms with Crippen LogP contribution in [0.25, 0.3) is 54.5 Å². The molecule has 20 rings (SSSR count). The molecule has 5 amide bonds. The number of carbonyl (C=O) groups is 5. The summed E-state index contributed by atoms with van der Waals surface area (Å²) in [6.07, 6.45) is -19.4. The maximum Gasteiger partial charge on any atom is 0.416 e. The minimum absolute atomic E-state index is 0.0429. The van der Waals surface area contributed by atoms with Crippen LogP contribution in [0.5, 0.6) is 0 Å². The van der Waals surface area contributed by atoms with Crippen LogP contribution in [0.4, 0.5) is 94.9 Å². The monoisotopic (exact) mass is 2140 g/mol. The first-order valence-corrected chi connectivity index (χ1v) is 47.0. The van der Waals surface area contributed by atoms with Gasteiger partial charge in [0.1, 0.15) is 14.9 Å². The number of carbonyl (C=O) groups excluding carboxylic acids is 5. The van der Waals surface area contributed by atoms with Gasteiger partial charge < -0.3 is 31.0 Å². The van der Waals surface area contributed by atoms with Gasteiger partial charge in [0.05, 0.1) is 110 Å². The molecule has 0 unspecified atom stereocenters. The number of hydrogen-bond acceptors (Lipinski definition) is 17. The number of nitrogens with one attached hydrogen (secondary N) is 5. The molecule has 0 atom stereocenters. The van der Waals surface area contributed by atoms with Gasteiger partial charge in [-0.05, 0) is 206 Å². The number of aromatic nitrogens is 12. The molecule has 0 fully saturated rings. The van der Waals surface area contributed by atoms with Gasteiger partial charge in [-0.3, -0.25) is 47.4 Å². The summed E-state index contributed by atoms with van der Waals surface area (Å²) in [6, 6.07) is 66.0. The molecule has 0 aliphatic heterocycles. The summed E-state index contributed by atoms with van der Waals surface area (Å²) in [5, 5.41) is 48.7. The smallest absolute Gasteiger partial charge is 0.416 e. The molecule has 10 heterocycles. The van der Waals surface area contributed by atoms with Gasteiger partial charge in [-0.2, -0.15) is 107 Å². The molecule has 0 aliphatic rings. The van der Waals surface area contributed by atoms with Gasteiger partial charge in [-0.15, -0.1) is 22.7 Å². The van der Waals surface area contributed by atoms with E-state index in [4.69, 9.17) is 27.6 Å². The predicted molar refractivity (Wildman–Crippen MR) is 520 cm³/mol. The standard InChI is InChI=1S/C20H13BrF3N3OS.2C20H13ClF3N3OS.C19H13F3N4O2.C19H13F3N4OS/c21-16-11-29-10-15(16)19(28)25-18-14-3-1-2-4-17(14)27(26-18)9-12-5-7-13(8-6-12)20(22,23)24;21-15-9-10-29-17(15)19(28)25-18-14-3-1-2-4-16(14)27(26-18)11-12-5-7-13(8-6-12)20(22,23)24;21-17-15(9-10-29-17)19(28)25-18-14-3-1-2-4-16(14)27(26-18)11-12-5-7-13(8-6-12)20(22,23)24;20-19(21,22)13-7-5-12(6-8-13)10-26-15-4-2-1-3-14(15)17(25-26)24-18(27)16-9-23-11-28-16;20-19(21,22)13-7-5-12(6-8-13)11-26-16-4-2-1-3-14(16)17(24-26)23-18(27)15-9-10-28-25-15/h1-8,10-11H,9H2,(H,25,26,28);2*1-10H,11H2,(H,25,26,28);1-9,11H,10H2,(H,24,25,27);1-10H,11H2,(H,23,24,27). The maximum absolute atomic E-state index is 12.8. The van der Waals surface area contributed by atoms with Gasteiger partial charge in [0.25, 0.3) is 29.5 Å². The molecule has 0 saturated heterocycles. The Morgan fingerprint density at radius 1 is 0.336 bits per heavy atom. The van der Waals surface area contributed by atoms with Crippen LogP contribution in [-0.2, 0) is 63.6 Å². The fourth-order valence-corrected chi connectivity index (χ4v) is 18.3. The van der Waals surface area contributed by atoms with Crippen LogP contribution in [0.3, 0.4) is 0 Å². The van der Waals surface area contributed by atoms with Crippen LogP contribution in [0.15, 0.2) is 309 Å². The van der Waals surface area contributed by atoms with E-state index in [-0.39, 0.29) is 62.1 Å². The summed E-state index contributed by atoms with van der Waals surface area (Å²) in [5.74, 6) is -0.0315. The Balaban J connectivity index is 0.000000128. The van der Waals surface area contributed by atoms with Gasteiger partial charge in [0.2, 0.25) is 5.76 Å². The number of nitrogens with zero attached hydrogens (tertiary/aromatic N) is 12. The van der Waals surface area contributed by atoms with Crippen molar-refractivity contribution in [1.29, 1.82) is 0 Å². The first kappa shape index (κ1) is 101. The summed E-state index contributed by atoms with van der Waals surface area (Å²) in [5.41, 5.74) is 4.73.